The molecule has 0 aromatic heterocycles. The van der Waals surface area contributed by atoms with Crippen LogP contribution in [0, 0.1) is 18.8 Å². The van der Waals surface area contributed by atoms with E-state index in [9.17, 15) is 14.4 Å². The summed E-state index contributed by atoms with van der Waals surface area (Å²) >= 11 is 0. The lowest BCUT2D eigenvalue weighted by molar-refractivity contribution is -0.151. The van der Waals surface area contributed by atoms with Gasteiger partial charge in [-0.3, -0.25) is 9.59 Å². The topological polar surface area (TPSA) is 81.7 Å². The third-order valence-corrected chi connectivity index (χ3v) is 7.20. The molecular formula is C27H33NO5. The Hall–Kier alpha value is -2.89. The van der Waals surface area contributed by atoms with Crippen molar-refractivity contribution in [1.82, 2.24) is 5.32 Å². The minimum atomic E-state index is -0.877. The second-order valence-corrected chi connectivity index (χ2v) is 9.61. The van der Waals surface area contributed by atoms with Crippen LogP contribution in [0.25, 0.3) is 0 Å². The Morgan fingerprint density at radius 3 is 2.33 bits per heavy atom. The first kappa shape index (κ1) is 23.3. The van der Waals surface area contributed by atoms with E-state index in [0.29, 0.717) is 23.3 Å². The van der Waals surface area contributed by atoms with Gasteiger partial charge in [0.2, 0.25) is 0 Å². The molecule has 6 heteroatoms. The number of rotatable bonds is 4. The molecule has 1 aliphatic heterocycles. The highest BCUT2D eigenvalue weighted by molar-refractivity contribution is 6.12. The molecule has 0 radical (unpaired) electrons. The number of benzene rings is 1. The number of hydrogen-bond donors (Lipinski definition) is 1. The monoisotopic (exact) mass is 451 g/mol. The van der Waals surface area contributed by atoms with Gasteiger partial charge in [-0.1, -0.05) is 43.2 Å². The van der Waals surface area contributed by atoms with Crippen molar-refractivity contribution in [2.45, 2.75) is 71.3 Å². The van der Waals surface area contributed by atoms with Crippen LogP contribution in [0.5, 0.6) is 0 Å². The number of nitrogens with one attached hydrogen (secondary N) is 1. The summed E-state index contributed by atoms with van der Waals surface area (Å²) in [5, 5.41) is 3.32. The van der Waals surface area contributed by atoms with Crippen LogP contribution in [0.3, 0.4) is 0 Å². The van der Waals surface area contributed by atoms with Gasteiger partial charge in [-0.05, 0) is 57.4 Å². The van der Waals surface area contributed by atoms with Gasteiger partial charge in [0.05, 0.1) is 12.7 Å². The summed E-state index contributed by atoms with van der Waals surface area (Å²) in [4.78, 5) is 39.7. The average Bonchev–Trinajstić information content (AvgIpc) is 2.79. The molecule has 33 heavy (non-hydrogen) atoms. The molecule has 1 aromatic rings. The van der Waals surface area contributed by atoms with Crippen LogP contribution < -0.4 is 5.32 Å². The van der Waals surface area contributed by atoms with Crippen molar-refractivity contribution in [2.75, 3.05) is 7.11 Å². The standard InChI is InChI=1S/C27H33NO5/c1-15-10-12-18(13-11-15)23-22(27(31)33-19-8-6-5-7-9-19)17(3)28-20-14-16(2)21(26(30)32-4)25(29)24(20)23/h10-13,16,19,21,23,28H,5-9,14H2,1-4H3/t16-,21+,23-/m1/s1. The van der Waals surface area contributed by atoms with Crippen LogP contribution in [-0.2, 0) is 23.9 Å². The Labute approximate surface area is 195 Å². The van der Waals surface area contributed by atoms with Crippen molar-refractivity contribution in [2.24, 2.45) is 11.8 Å². The molecule has 4 rings (SSSR count). The quantitative estimate of drug-likeness (QED) is 0.537. The summed E-state index contributed by atoms with van der Waals surface area (Å²) in [5.41, 5.74) is 4.35. The Balaban J connectivity index is 1.77. The number of aryl methyl sites for hydroxylation is 1. The van der Waals surface area contributed by atoms with Crippen LogP contribution in [0.1, 0.15) is 69.4 Å². The van der Waals surface area contributed by atoms with E-state index in [-0.39, 0.29) is 23.8 Å². The molecule has 176 valence electrons. The Bertz CT molecular complexity index is 1010. The van der Waals surface area contributed by atoms with E-state index in [4.69, 9.17) is 9.47 Å². The fourth-order valence-electron chi connectivity index (χ4n) is 5.44. The zero-order valence-corrected chi connectivity index (χ0v) is 19.9. The van der Waals surface area contributed by atoms with Gasteiger partial charge in [-0.25, -0.2) is 4.79 Å². The van der Waals surface area contributed by atoms with Crippen LogP contribution in [0.2, 0.25) is 0 Å². The van der Waals surface area contributed by atoms with E-state index in [0.717, 1.165) is 42.5 Å². The number of methoxy groups -OCH3 is 1. The summed E-state index contributed by atoms with van der Waals surface area (Å²) in [6, 6.07) is 7.86. The summed E-state index contributed by atoms with van der Waals surface area (Å²) in [6.07, 6.45) is 5.47. The van der Waals surface area contributed by atoms with E-state index < -0.39 is 17.8 Å². The second kappa shape index (κ2) is 9.54. The lowest BCUT2D eigenvalue weighted by Gasteiger charge is -2.38. The number of carbonyl (C=O) groups is 3. The maximum atomic E-state index is 13.7. The molecule has 1 heterocycles. The molecule has 3 aliphatic rings. The molecule has 0 unspecified atom stereocenters. The van der Waals surface area contributed by atoms with Gasteiger partial charge in [-0.15, -0.1) is 0 Å². The maximum Gasteiger partial charge on any atom is 0.337 e. The van der Waals surface area contributed by atoms with Crippen LogP contribution in [0.4, 0.5) is 0 Å². The Kier molecular flexibility index (Phi) is 6.73. The number of hydrogen-bond acceptors (Lipinski definition) is 6. The van der Waals surface area contributed by atoms with Gasteiger partial charge in [0.25, 0.3) is 0 Å². The molecule has 1 saturated carbocycles. The minimum absolute atomic E-state index is 0.0921. The van der Waals surface area contributed by atoms with E-state index in [1.807, 2.05) is 45.0 Å². The first-order valence-electron chi connectivity index (χ1n) is 11.9. The van der Waals surface area contributed by atoms with Crippen LogP contribution >= 0.6 is 0 Å². The summed E-state index contributed by atoms with van der Waals surface area (Å²) in [7, 11) is 1.31. The highest BCUT2D eigenvalue weighted by atomic mass is 16.5. The number of allylic oxidation sites excluding steroid dienone is 3. The number of dihydropyridines is 1. The predicted octanol–water partition coefficient (Wildman–Crippen LogP) is 4.48. The van der Waals surface area contributed by atoms with Gasteiger partial charge in [0.1, 0.15) is 12.0 Å². The smallest absolute Gasteiger partial charge is 0.337 e. The van der Waals surface area contributed by atoms with Crippen molar-refractivity contribution in [3.8, 4) is 0 Å². The molecule has 0 spiro atoms. The molecule has 1 N–H and O–H groups in total. The molecule has 3 atom stereocenters. The Morgan fingerprint density at radius 2 is 1.70 bits per heavy atom. The number of ketones is 1. The SMILES string of the molecule is COC(=O)[C@@H]1C(=O)C2=C(C[C@H]1C)NC(C)=C(C(=O)OC1CCCCC1)[C@H]2c1ccc(C)cc1. The largest absolute Gasteiger partial charge is 0.468 e. The average molecular weight is 452 g/mol. The molecule has 1 aromatic carbocycles. The molecule has 2 aliphatic carbocycles. The van der Waals surface area contributed by atoms with Gasteiger partial charge in [0.15, 0.2) is 5.78 Å². The van der Waals surface area contributed by atoms with Gasteiger partial charge < -0.3 is 14.8 Å². The van der Waals surface area contributed by atoms with Crippen LogP contribution in [-0.4, -0.2) is 30.9 Å². The van der Waals surface area contributed by atoms with E-state index in [1.54, 1.807) is 0 Å². The van der Waals surface area contributed by atoms with E-state index in [1.165, 1.54) is 13.5 Å². The van der Waals surface area contributed by atoms with E-state index in [2.05, 4.69) is 5.32 Å². The number of esters is 2. The lowest BCUT2D eigenvalue weighted by atomic mass is 9.69. The summed E-state index contributed by atoms with van der Waals surface area (Å²) < 4.78 is 10.9. The van der Waals surface area contributed by atoms with E-state index >= 15 is 0 Å². The van der Waals surface area contributed by atoms with Gasteiger partial charge in [0, 0.05) is 22.9 Å². The fraction of sp³-hybridized carbons (Fsp3) is 0.519. The first-order valence-corrected chi connectivity index (χ1v) is 11.9. The molecule has 0 amide bonds. The summed E-state index contributed by atoms with van der Waals surface area (Å²) in [6.45, 7) is 5.75. The van der Waals surface area contributed by atoms with Gasteiger partial charge >= 0.3 is 11.9 Å². The first-order chi connectivity index (χ1) is 15.8. The lowest BCUT2D eigenvalue weighted by Crippen LogP contribution is -2.43. The minimum Gasteiger partial charge on any atom is -0.468 e. The highest BCUT2D eigenvalue weighted by Crippen LogP contribution is 2.45. The zero-order chi connectivity index (χ0) is 23.7. The zero-order valence-electron chi connectivity index (χ0n) is 19.9. The molecule has 0 bridgehead atoms. The number of Topliss-reactive ketones (excluding diaryl/α,β-unsaturated/α-hetero) is 1. The maximum absolute atomic E-state index is 13.7. The third kappa shape index (κ3) is 4.48. The van der Waals surface area contributed by atoms with Crippen LogP contribution in [0.15, 0.2) is 46.8 Å². The normalized spacial score (nSPS) is 25.9. The van der Waals surface area contributed by atoms with Crippen molar-refractivity contribution in [3.63, 3.8) is 0 Å². The summed E-state index contributed by atoms with van der Waals surface area (Å²) in [5.74, 6) is -2.84. The van der Waals surface area contributed by atoms with Crippen molar-refractivity contribution < 1.29 is 23.9 Å². The molecular weight excluding hydrogens is 418 g/mol. The third-order valence-electron chi connectivity index (χ3n) is 7.20. The number of ether oxygens (including phenoxy) is 2. The fourth-order valence-corrected chi connectivity index (χ4v) is 5.44. The van der Waals surface area contributed by atoms with Gasteiger partial charge in [-0.2, -0.15) is 0 Å². The number of carbonyl (C=O) groups excluding carboxylic acids is 3. The van der Waals surface area contributed by atoms with Crippen molar-refractivity contribution in [1.29, 1.82) is 0 Å². The molecule has 1 fully saturated rings. The van der Waals surface area contributed by atoms with Crippen molar-refractivity contribution in [3.05, 3.63) is 57.9 Å². The Morgan fingerprint density at radius 1 is 1.03 bits per heavy atom. The predicted molar refractivity (Wildman–Crippen MR) is 124 cm³/mol. The molecule has 6 nitrogen and oxygen atoms in total. The highest BCUT2D eigenvalue weighted by Gasteiger charge is 2.47. The molecule has 0 saturated heterocycles. The van der Waals surface area contributed by atoms with Crippen molar-refractivity contribution >= 4 is 17.7 Å². The second-order valence-electron chi connectivity index (χ2n) is 9.61.